The Kier molecular flexibility index (Phi) is 6.82. The highest BCUT2D eigenvalue weighted by molar-refractivity contribution is 9.14. The van der Waals surface area contributed by atoms with Crippen LogP contribution in [0.5, 0.6) is 0 Å². The predicted molar refractivity (Wildman–Crippen MR) is 49.2 cm³/mol. The van der Waals surface area contributed by atoms with Crippen LogP contribution >= 0.6 is 20.6 Å². The molecule has 0 bridgehead atoms. The summed E-state index contributed by atoms with van der Waals surface area (Å²) in [4.78, 5) is 0. The van der Waals surface area contributed by atoms with Gasteiger partial charge in [-0.3, -0.25) is 0 Å². The number of rotatable bonds is 3. The fourth-order valence-electron chi connectivity index (χ4n) is 0.0957. The highest BCUT2D eigenvalue weighted by atomic mass is 33.7. The minimum atomic E-state index is -0.560. The summed E-state index contributed by atoms with van der Waals surface area (Å²) in [5.74, 6) is 1.11. The highest BCUT2D eigenvalue weighted by Crippen LogP contribution is 2.20. The molecule has 5 heteroatoms. The van der Waals surface area contributed by atoms with E-state index in [-0.39, 0.29) is 0 Å². The molecule has 0 saturated heterocycles. The molecule has 0 spiro atoms. The first-order chi connectivity index (χ1) is 3.27. The second kappa shape index (κ2) is 5.62. The summed E-state index contributed by atoms with van der Waals surface area (Å²) in [6.45, 7) is 2.10. The standard InChI is InChI=1S/C2H6S5/c1-2-5-6-7(3)4/h7H,2H2,1H3. The predicted octanol–water partition coefficient (Wildman–Crippen LogP) is 1.58. The van der Waals surface area contributed by atoms with Crippen molar-refractivity contribution in [2.75, 3.05) is 5.75 Å². The monoisotopic (exact) mass is 190 g/mol. The molecule has 44 valence electrons. The van der Waals surface area contributed by atoms with Crippen LogP contribution in [-0.2, 0) is 29.4 Å². The van der Waals surface area contributed by atoms with Crippen molar-refractivity contribution < 1.29 is 0 Å². The summed E-state index contributed by atoms with van der Waals surface area (Å²) in [5.41, 5.74) is 0. The molecule has 0 aromatic heterocycles. The van der Waals surface area contributed by atoms with Gasteiger partial charge in [-0.25, -0.2) is 0 Å². The molecule has 0 amide bonds. The quantitative estimate of drug-likeness (QED) is 0.530. The highest BCUT2D eigenvalue weighted by Gasteiger charge is 1.77. The molecule has 0 aliphatic rings. The van der Waals surface area contributed by atoms with Crippen molar-refractivity contribution in [2.24, 2.45) is 0 Å². The van der Waals surface area contributed by atoms with Crippen LogP contribution < -0.4 is 0 Å². The lowest BCUT2D eigenvalue weighted by atomic mass is 11.0. The van der Waals surface area contributed by atoms with Gasteiger partial charge >= 0.3 is 0 Å². The van der Waals surface area contributed by atoms with Crippen LogP contribution in [0.4, 0.5) is 0 Å². The van der Waals surface area contributed by atoms with Crippen molar-refractivity contribution in [3.05, 3.63) is 0 Å². The lowest BCUT2D eigenvalue weighted by molar-refractivity contribution is 1.54. The van der Waals surface area contributed by atoms with Gasteiger partial charge in [0.15, 0.2) is 0 Å². The smallest absolute Gasteiger partial charge is 0.00167 e. The molecule has 0 aromatic carbocycles. The van der Waals surface area contributed by atoms with E-state index in [1.165, 1.54) is 0 Å². The van der Waals surface area contributed by atoms with Crippen LogP contribution in [-0.4, -0.2) is 5.75 Å². The zero-order valence-corrected chi connectivity index (χ0v) is 7.95. The first-order valence-electron chi connectivity index (χ1n) is 1.71. The van der Waals surface area contributed by atoms with Gasteiger partial charge in [-0.2, -0.15) is 0 Å². The van der Waals surface area contributed by atoms with Crippen molar-refractivity contribution in [1.82, 2.24) is 0 Å². The fraction of sp³-hybridized carbons (Fsp3) is 1.00. The van der Waals surface area contributed by atoms with Gasteiger partial charge in [0.2, 0.25) is 0 Å². The third kappa shape index (κ3) is 7.49. The van der Waals surface area contributed by atoms with Crippen molar-refractivity contribution in [1.29, 1.82) is 0 Å². The van der Waals surface area contributed by atoms with Crippen molar-refractivity contribution >= 4 is 50.0 Å². The van der Waals surface area contributed by atoms with Gasteiger partial charge in [0.1, 0.15) is 0 Å². The van der Waals surface area contributed by atoms with E-state index in [4.69, 9.17) is 22.4 Å². The van der Waals surface area contributed by atoms with Crippen LogP contribution in [0, 0.1) is 0 Å². The van der Waals surface area contributed by atoms with Gasteiger partial charge in [-0.1, -0.05) is 17.7 Å². The van der Waals surface area contributed by atoms with E-state index in [1.54, 1.807) is 20.6 Å². The number of thiol groups is 1. The van der Waals surface area contributed by atoms with Crippen molar-refractivity contribution in [3.8, 4) is 0 Å². The second-order valence-corrected chi connectivity index (χ2v) is 9.98. The molecule has 0 N–H and O–H groups in total. The first kappa shape index (κ1) is 8.49. The summed E-state index contributed by atoms with van der Waals surface area (Å²) in [7, 11) is 2.84. The minimum absolute atomic E-state index is 0.560. The molecule has 0 unspecified atom stereocenters. The zero-order chi connectivity index (χ0) is 5.70. The fourth-order valence-corrected chi connectivity index (χ4v) is 4.91. The van der Waals surface area contributed by atoms with Crippen LogP contribution in [0.25, 0.3) is 0 Å². The van der Waals surface area contributed by atoms with E-state index >= 15 is 0 Å². The Morgan fingerprint density at radius 3 is 2.29 bits per heavy atom. The van der Waals surface area contributed by atoms with Gasteiger partial charge in [0, 0.05) is 5.75 Å². The van der Waals surface area contributed by atoms with Crippen LogP contribution in [0.3, 0.4) is 0 Å². The zero-order valence-electron chi connectivity index (χ0n) is 3.79. The third-order valence-corrected chi connectivity index (χ3v) is 7.41. The van der Waals surface area contributed by atoms with Crippen molar-refractivity contribution in [2.45, 2.75) is 6.92 Å². The maximum Gasteiger partial charge on any atom is 0.00167 e. The largest absolute Gasteiger partial charge is 0.0825 e. The molecule has 0 atom stereocenters. The van der Waals surface area contributed by atoms with E-state index in [1.807, 2.05) is 0 Å². The van der Waals surface area contributed by atoms with Gasteiger partial charge in [-0.15, -0.1) is 0 Å². The lowest BCUT2D eigenvalue weighted by Crippen LogP contribution is -1.56. The average molecular weight is 190 g/mol. The van der Waals surface area contributed by atoms with Crippen LogP contribution in [0.1, 0.15) is 6.92 Å². The average Bonchev–Trinajstić information content (AvgIpc) is 1.61. The van der Waals surface area contributed by atoms with Gasteiger partial charge < -0.3 is 0 Å². The van der Waals surface area contributed by atoms with Gasteiger partial charge in [-0.05, 0) is 39.2 Å². The molecule has 0 radical (unpaired) electrons. The molecule has 0 heterocycles. The topological polar surface area (TPSA) is 0 Å². The van der Waals surface area contributed by atoms with Crippen LogP contribution in [0.15, 0.2) is 0 Å². The Morgan fingerprint density at radius 2 is 2.14 bits per heavy atom. The Bertz CT molecular complexity index is 84.3. The maximum absolute atomic E-state index is 4.77. The molecule has 0 fully saturated rings. The van der Waals surface area contributed by atoms with E-state index < -0.39 is 7.05 Å². The Hall–Kier alpha value is 1.49. The third-order valence-electron chi connectivity index (χ3n) is 0.231. The van der Waals surface area contributed by atoms with Crippen LogP contribution in [0.2, 0.25) is 0 Å². The molecular formula is C2H6S5. The molecule has 0 aromatic rings. The molecule has 7 heavy (non-hydrogen) atoms. The molecule has 0 nitrogen and oxygen atoms in total. The van der Waals surface area contributed by atoms with Gasteiger partial charge in [0.25, 0.3) is 0 Å². The molecular weight excluding hydrogens is 184 g/mol. The SMILES string of the molecule is CCSS[SH](=S)=S. The normalized spacial score (nSPS) is 10.0. The minimum Gasteiger partial charge on any atom is -0.0825 e. The maximum atomic E-state index is 4.77. The second-order valence-electron chi connectivity index (χ2n) is 0.705. The van der Waals surface area contributed by atoms with E-state index in [0.29, 0.717) is 0 Å². The summed E-state index contributed by atoms with van der Waals surface area (Å²) in [5, 5.41) is 0. The Balaban J connectivity index is 2.98. The Morgan fingerprint density at radius 1 is 1.57 bits per heavy atom. The van der Waals surface area contributed by atoms with E-state index in [0.717, 1.165) is 5.75 Å². The summed E-state index contributed by atoms with van der Waals surface area (Å²) in [6, 6.07) is 0. The van der Waals surface area contributed by atoms with Crippen molar-refractivity contribution in [3.63, 3.8) is 0 Å². The molecule has 0 aliphatic carbocycles. The van der Waals surface area contributed by atoms with E-state index in [2.05, 4.69) is 6.92 Å². The Labute approximate surface area is 62.5 Å². The first-order valence-corrected chi connectivity index (χ1v) is 8.00. The molecule has 0 saturated carbocycles. The van der Waals surface area contributed by atoms with E-state index in [9.17, 15) is 0 Å². The lowest BCUT2D eigenvalue weighted by Gasteiger charge is -1.84. The molecule has 0 rings (SSSR count). The number of hydrogen-bond acceptors (Lipinski definition) is 4. The number of hydrogen-bond donors (Lipinski definition) is 1. The summed E-state index contributed by atoms with van der Waals surface area (Å²) < 4.78 is 0. The molecule has 0 aliphatic heterocycles. The summed E-state index contributed by atoms with van der Waals surface area (Å²) >= 11 is 9.53. The summed E-state index contributed by atoms with van der Waals surface area (Å²) in [6.07, 6.45) is 0. The van der Waals surface area contributed by atoms with Gasteiger partial charge in [0.05, 0.1) is 0 Å².